The van der Waals surface area contributed by atoms with Crippen LogP contribution in [0.1, 0.15) is 73.1 Å². The predicted octanol–water partition coefficient (Wildman–Crippen LogP) is 8.63. The van der Waals surface area contributed by atoms with Gasteiger partial charge in [-0.2, -0.15) is 5.10 Å². The van der Waals surface area contributed by atoms with E-state index in [0.29, 0.717) is 62.1 Å². The zero-order chi connectivity index (χ0) is 33.8. The van der Waals surface area contributed by atoms with Crippen molar-refractivity contribution in [2.45, 2.75) is 65.0 Å². The molecule has 48 heavy (non-hydrogen) atoms. The second-order valence-electron chi connectivity index (χ2n) is 12.1. The van der Waals surface area contributed by atoms with Crippen molar-refractivity contribution in [3.63, 3.8) is 0 Å². The van der Waals surface area contributed by atoms with Crippen LogP contribution in [0.4, 0.5) is 4.39 Å². The molecular formula is C38H43ClFN3O5. The van der Waals surface area contributed by atoms with E-state index in [9.17, 15) is 9.18 Å². The Balaban J connectivity index is 1.47. The number of nitrogens with zero attached hydrogens (tertiary/aromatic N) is 3. The molecule has 3 heterocycles. The Morgan fingerprint density at radius 3 is 2.71 bits per heavy atom. The molecule has 2 aromatic heterocycles. The maximum atomic E-state index is 13.8. The number of halogens is 2. The molecule has 254 valence electrons. The van der Waals surface area contributed by atoms with Crippen molar-refractivity contribution in [3.05, 3.63) is 82.0 Å². The Hall–Kier alpha value is -3.92. The number of carbonyl (C=O) groups is 1. The minimum absolute atomic E-state index is 0.264. The van der Waals surface area contributed by atoms with Gasteiger partial charge in [0.2, 0.25) is 0 Å². The lowest BCUT2D eigenvalue weighted by Gasteiger charge is -2.18. The van der Waals surface area contributed by atoms with Gasteiger partial charge in [0.05, 0.1) is 29.4 Å². The van der Waals surface area contributed by atoms with Gasteiger partial charge in [0, 0.05) is 67.9 Å². The van der Waals surface area contributed by atoms with E-state index in [0.717, 1.165) is 69.0 Å². The standard InChI is InChI=1S/C38H43ClFN3O5/c1-5-30-34-33-29(39)17-16-28-27(12-10-21-47-31-13-9-11-24-23-25(40)14-15-26(24)31)37(38(44)46-6-2)43(36(28)33)19-7-8-20-48-32(18-22-45-4)35(34)41-42(30)3/h9,11,13-17,23,32H,5-8,10,12,18-22H2,1-4H3. The van der Waals surface area contributed by atoms with E-state index in [1.54, 1.807) is 13.2 Å². The van der Waals surface area contributed by atoms with Crippen LogP contribution in [0.15, 0.2) is 48.5 Å². The normalized spacial score (nSPS) is 15.0. The van der Waals surface area contributed by atoms with Crippen molar-refractivity contribution in [2.75, 3.05) is 33.5 Å². The van der Waals surface area contributed by atoms with Crippen molar-refractivity contribution in [1.82, 2.24) is 14.3 Å². The third kappa shape index (κ3) is 6.56. The van der Waals surface area contributed by atoms with Gasteiger partial charge in [-0.1, -0.05) is 36.7 Å². The van der Waals surface area contributed by atoms with Gasteiger partial charge in [0.1, 0.15) is 23.4 Å². The highest BCUT2D eigenvalue weighted by molar-refractivity contribution is 6.35. The number of esters is 1. The number of rotatable bonds is 11. The lowest BCUT2D eigenvalue weighted by molar-refractivity contribution is 0.0235. The van der Waals surface area contributed by atoms with Gasteiger partial charge in [0.15, 0.2) is 0 Å². The molecule has 0 bridgehead atoms. The third-order valence-corrected chi connectivity index (χ3v) is 9.45. The Bertz CT molecular complexity index is 1930. The Labute approximate surface area is 285 Å². The summed E-state index contributed by atoms with van der Waals surface area (Å²) < 4.78 is 41.7. The molecule has 0 radical (unpaired) electrons. The number of aryl methyl sites for hydroxylation is 3. The van der Waals surface area contributed by atoms with Gasteiger partial charge in [-0.25, -0.2) is 9.18 Å². The number of aromatic nitrogens is 3. The van der Waals surface area contributed by atoms with Crippen molar-refractivity contribution < 1.29 is 28.1 Å². The van der Waals surface area contributed by atoms with E-state index in [4.69, 9.17) is 35.6 Å². The highest BCUT2D eigenvalue weighted by Gasteiger charge is 2.32. The summed E-state index contributed by atoms with van der Waals surface area (Å²) in [6.45, 7) is 6.31. The van der Waals surface area contributed by atoms with Gasteiger partial charge >= 0.3 is 5.97 Å². The summed E-state index contributed by atoms with van der Waals surface area (Å²) in [5, 5.41) is 8.21. The molecule has 0 saturated carbocycles. The molecule has 0 amide bonds. The molecule has 1 aliphatic rings. The number of hydrogen-bond donors (Lipinski definition) is 0. The first-order valence-corrected chi connectivity index (χ1v) is 17.2. The van der Waals surface area contributed by atoms with Gasteiger partial charge in [-0.3, -0.25) is 4.68 Å². The molecule has 0 saturated heterocycles. The van der Waals surface area contributed by atoms with E-state index in [-0.39, 0.29) is 24.5 Å². The summed E-state index contributed by atoms with van der Waals surface area (Å²) in [7, 11) is 3.65. The molecular weight excluding hydrogens is 633 g/mol. The molecule has 1 aliphatic heterocycles. The van der Waals surface area contributed by atoms with Crippen LogP contribution in [-0.4, -0.2) is 53.9 Å². The van der Waals surface area contributed by atoms with Crippen LogP contribution in [0, 0.1) is 5.82 Å². The number of methoxy groups -OCH3 is 1. The van der Waals surface area contributed by atoms with Gasteiger partial charge in [-0.05, 0) is 80.3 Å². The number of carbonyl (C=O) groups excluding carboxylic acids is 1. The Morgan fingerprint density at radius 2 is 1.92 bits per heavy atom. The zero-order valence-electron chi connectivity index (χ0n) is 28.1. The van der Waals surface area contributed by atoms with E-state index in [1.807, 2.05) is 49.0 Å². The second kappa shape index (κ2) is 15.1. The summed E-state index contributed by atoms with van der Waals surface area (Å²) in [6.07, 6.45) is 3.95. The average Bonchev–Trinajstić information content (AvgIpc) is 3.56. The largest absolute Gasteiger partial charge is 0.493 e. The summed E-state index contributed by atoms with van der Waals surface area (Å²) >= 11 is 7.17. The zero-order valence-corrected chi connectivity index (χ0v) is 28.9. The molecule has 0 spiro atoms. The van der Waals surface area contributed by atoms with Crippen molar-refractivity contribution in [3.8, 4) is 16.9 Å². The van der Waals surface area contributed by atoms with Crippen molar-refractivity contribution in [2.24, 2.45) is 7.05 Å². The minimum atomic E-state index is -0.353. The maximum Gasteiger partial charge on any atom is 0.355 e. The lowest BCUT2D eigenvalue weighted by atomic mass is 9.95. The van der Waals surface area contributed by atoms with Crippen LogP contribution in [-0.2, 0) is 40.6 Å². The van der Waals surface area contributed by atoms with Crippen LogP contribution in [0.25, 0.3) is 32.8 Å². The highest BCUT2D eigenvalue weighted by Crippen LogP contribution is 2.45. The SMILES string of the molecule is CCOC(=O)c1c(CCCOc2cccc3cc(F)ccc23)c2ccc(Cl)c3c2n1CCCCOC(CCOC)c1nn(C)c(CC)c1-3. The average molecular weight is 676 g/mol. The fourth-order valence-electron chi connectivity index (χ4n) is 7.03. The molecule has 8 nitrogen and oxygen atoms in total. The minimum Gasteiger partial charge on any atom is -0.493 e. The van der Waals surface area contributed by atoms with Gasteiger partial charge in [-0.15, -0.1) is 0 Å². The monoisotopic (exact) mass is 675 g/mol. The number of hydrogen-bond acceptors (Lipinski definition) is 6. The molecule has 10 heteroatoms. The molecule has 3 aromatic carbocycles. The summed E-state index contributed by atoms with van der Waals surface area (Å²) in [6, 6.07) is 14.3. The molecule has 0 fully saturated rings. The molecule has 5 aromatic rings. The van der Waals surface area contributed by atoms with Gasteiger partial charge < -0.3 is 23.5 Å². The fourth-order valence-corrected chi connectivity index (χ4v) is 7.28. The smallest absolute Gasteiger partial charge is 0.355 e. The first-order chi connectivity index (χ1) is 23.4. The summed E-state index contributed by atoms with van der Waals surface area (Å²) in [4.78, 5) is 13.8. The van der Waals surface area contributed by atoms with E-state index in [1.165, 1.54) is 12.1 Å². The van der Waals surface area contributed by atoms with E-state index < -0.39 is 0 Å². The Kier molecular flexibility index (Phi) is 10.7. The predicted molar refractivity (Wildman–Crippen MR) is 187 cm³/mol. The molecule has 6 rings (SSSR count). The summed E-state index contributed by atoms with van der Waals surface area (Å²) in [5.74, 6) is 0.0648. The van der Waals surface area contributed by atoms with E-state index >= 15 is 0 Å². The number of ether oxygens (including phenoxy) is 4. The molecule has 1 atom stereocenters. The second-order valence-corrected chi connectivity index (χ2v) is 12.5. The van der Waals surface area contributed by atoms with Crippen LogP contribution < -0.4 is 4.74 Å². The Morgan fingerprint density at radius 1 is 1.08 bits per heavy atom. The lowest BCUT2D eigenvalue weighted by Crippen LogP contribution is -2.15. The topological polar surface area (TPSA) is 76.7 Å². The fraction of sp³-hybridized carbons (Fsp3) is 0.421. The van der Waals surface area contributed by atoms with Gasteiger partial charge in [0.25, 0.3) is 0 Å². The molecule has 1 unspecified atom stereocenters. The van der Waals surface area contributed by atoms with Crippen LogP contribution in [0.5, 0.6) is 5.75 Å². The number of benzene rings is 3. The maximum absolute atomic E-state index is 13.8. The van der Waals surface area contributed by atoms with Crippen LogP contribution >= 0.6 is 11.6 Å². The van der Waals surface area contributed by atoms with Crippen molar-refractivity contribution in [1.29, 1.82) is 0 Å². The highest BCUT2D eigenvalue weighted by atomic mass is 35.5. The quantitative estimate of drug-likeness (QED) is 0.103. The van der Waals surface area contributed by atoms with E-state index in [2.05, 4.69) is 11.5 Å². The van der Waals surface area contributed by atoms with Crippen LogP contribution in [0.2, 0.25) is 5.02 Å². The summed E-state index contributed by atoms with van der Waals surface area (Å²) in [5.41, 5.74) is 6.06. The first kappa shape index (κ1) is 34.0. The van der Waals surface area contributed by atoms with Crippen LogP contribution in [0.3, 0.4) is 0 Å². The van der Waals surface area contributed by atoms with Crippen molar-refractivity contribution >= 4 is 39.2 Å². The third-order valence-electron chi connectivity index (χ3n) is 9.14. The first-order valence-electron chi connectivity index (χ1n) is 16.9. The molecule has 0 N–H and O–H groups in total. The molecule has 0 aliphatic carbocycles. The number of fused-ring (bicyclic) bond motifs is 3.